The Morgan fingerprint density at radius 3 is 1.24 bits per heavy atom. The summed E-state index contributed by atoms with van der Waals surface area (Å²) >= 11 is -3.66. The monoisotopic (exact) mass is 526 g/mol. The number of hydrogen-bond acceptors (Lipinski definition) is 4. The predicted octanol–water partition coefficient (Wildman–Crippen LogP) is 6.95. The van der Waals surface area contributed by atoms with Gasteiger partial charge in [-0.3, -0.25) is 0 Å². The van der Waals surface area contributed by atoms with E-state index < -0.39 is 30.2 Å². The maximum atomic E-state index is 13.2. The van der Waals surface area contributed by atoms with Crippen molar-refractivity contribution in [2.24, 2.45) is 0 Å². The van der Waals surface area contributed by atoms with E-state index in [1.807, 2.05) is 84.9 Å². The van der Waals surface area contributed by atoms with Gasteiger partial charge in [0.2, 0.25) is 0 Å². The Balaban J connectivity index is 1.53. The SMILES string of the molecule is CC(C)(c1ccccc1)c1ccc(C2(c3ccc(C(C)(C)c4ccccc4)cc3)[O][Ti](=[O])[O]C2=O)cc1. The van der Waals surface area contributed by atoms with Gasteiger partial charge in [-0.15, -0.1) is 0 Å². The molecular weight excluding hydrogens is 496 g/mol. The molecule has 4 nitrogen and oxygen atoms in total. The van der Waals surface area contributed by atoms with Crippen molar-refractivity contribution in [2.45, 2.75) is 44.1 Å². The molecule has 0 N–H and O–H groups in total. The fourth-order valence-corrected chi connectivity index (χ4v) is 6.56. The molecule has 0 aliphatic carbocycles. The molecule has 5 heteroatoms. The van der Waals surface area contributed by atoms with Gasteiger partial charge in [0, 0.05) is 0 Å². The van der Waals surface area contributed by atoms with E-state index in [0.717, 1.165) is 11.1 Å². The van der Waals surface area contributed by atoms with Crippen LogP contribution in [-0.2, 0) is 49.8 Å². The summed E-state index contributed by atoms with van der Waals surface area (Å²) in [6, 6.07) is 36.2. The number of carbonyl (C=O) groups is 1. The van der Waals surface area contributed by atoms with E-state index in [-0.39, 0.29) is 10.8 Å². The van der Waals surface area contributed by atoms with Crippen molar-refractivity contribution >= 4 is 5.97 Å². The van der Waals surface area contributed by atoms with E-state index in [9.17, 15) is 8.12 Å². The Morgan fingerprint density at radius 1 is 0.568 bits per heavy atom. The van der Waals surface area contributed by atoms with Crippen LogP contribution in [0, 0.1) is 0 Å². The molecule has 0 radical (unpaired) electrons. The van der Waals surface area contributed by atoms with E-state index >= 15 is 0 Å². The van der Waals surface area contributed by atoms with Crippen molar-refractivity contribution in [3.8, 4) is 0 Å². The summed E-state index contributed by atoms with van der Waals surface area (Å²) in [6.07, 6.45) is 0. The Morgan fingerprint density at radius 2 is 0.919 bits per heavy atom. The topological polar surface area (TPSA) is 52.6 Å². The summed E-state index contributed by atoms with van der Waals surface area (Å²) in [6.45, 7) is 8.68. The molecule has 0 saturated carbocycles. The Bertz CT molecular complexity index is 1330. The zero-order valence-corrected chi connectivity index (χ0v) is 23.1. The van der Waals surface area contributed by atoms with Crippen LogP contribution in [0.5, 0.6) is 0 Å². The van der Waals surface area contributed by atoms with Gasteiger partial charge in [0.1, 0.15) is 0 Å². The second-order valence-corrected chi connectivity index (χ2v) is 12.0. The van der Waals surface area contributed by atoms with Crippen molar-refractivity contribution in [3.05, 3.63) is 143 Å². The van der Waals surface area contributed by atoms with Gasteiger partial charge in [0.15, 0.2) is 0 Å². The first-order chi connectivity index (χ1) is 17.7. The van der Waals surface area contributed by atoms with Crippen LogP contribution in [0.25, 0.3) is 0 Å². The van der Waals surface area contributed by atoms with Crippen LogP contribution in [0.3, 0.4) is 0 Å². The number of rotatable bonds is 6. The third-order valence-electron chi connectivity index (χ3n) is 7.72. The quantitative estimate of drug-likeness (QED) is 0.255. The third-order valence-corrected chi connectivity index (χ3v) is 9.01. The average Bonchev–Trinajstić information content (AvgIpc) is 3.24. The molecule has 1 saturated heterocycles. The molecule has 1 fully saturated rings. The first kappa shape index (κ1) is 25.5. The van der Waals surface area contributed by atoms with Gasteiger partial charge in [-0.25, -0.2) is 0 Å². The van der Waals surface area contributed by atoms with Gasteiger partial charge in [0.25, 0.3) is 0 Å². The van der Waals surface area contributed by atoms with Gasteiger partial charge >= 0.3 is 226 Å². The summed E-state index contributed by atoms with van der Waals surface area (Å²) in [4.78, 5) is 13.2. The van der Waals surface area contributed by atoms with Crippen molar-refractivity contribution in [3.63, 3.8) is 0 Å². The van der Waals surface area contributed by atoms with Crippen molar-refractivity contribution in [1.29, 1.82) is 0 Å². The van der Waals surface area contributed by atoms with Crippen LogP contribution >= 0.6 is 0 Å². The summed E-state index contributed by atoms with van der Waals surface area (Å²) in [7, 11) is 0. The van der Waals surface area contributed by atoms with Crippen LogP contribution in [0.4, 0.5) is 0 Å². The standard InChI is InChI=1S/C32H31O3.O.Ti/c1-30(2,23-11-7-5-8-12-23)25-15-19-27(20-16-25)32(35,29(33)34)28-21-17-26(18-22-28)31(3,4)24-13-9-6-10-14-24;;/h5-22H,1-4H3,(H,33,34);;/q-1;;+2/p-1. The van der Waals surface area contributed by atoms with Gasteiger partial charge in [-0.05, 0) is 0 Å². The fraction of sp³-hybridized carbons (Fsp3) is 0.219. The van der Waals surface area contributed by atoms with Crippen molar-refractivity contribution in [2.75, 3.05) is 0 Å². The van der Waals surface area contributed by atoms with Crippen LogP contribution in [0.15, 0.2) is 109 Å². The molecule has 1 aliphatic rings. The molecule has 0 atom stereocenters. The normalized spacial score (nSPS) is 15.5. The van der Waals surface area contributed by atoms with Gasteiger partial charge < -0.3 is 0 Å². The molecule has 0 spiro atoms. The molecule has 4 aromatic rings. The van der Waals surface area contributed by atoms with Crippen LogP contribution in [-0.4, -0.2) is 5.97 Å². The van der Waals surface area contributed by atoms with Crippen LogP contribution < -0.4 is 0 Å². The van der Waals surface area contributed by atoms with Crippen molar-refractivity contribution in [1.82, 2.24) is 0 Å². The zero-order valence-electron chi connectivity index (χ0n) is 21.5. The van der Waals surface area contributed by atoms with E-state index in [2.05, 4.69) is 52.0 Å². The first-order valence-corrected chi connectivity index (χ1v) is 14.4. The second kappa shape index (κ2) is 9.61. The Labute approximate surface area is 225 Å². The van der Waals surface area contributed by atoms with Crippen LogP contribution in [0.1, 0.15) is 61.1 Å². The number of carbonyl (C=O) groups excluding carboxylic acids is 1. The molecule has 4 aromatic carbocycles. The number of benzene rings is 4. The molecule has 5 rings (SSSR count). The molecule has 1 heterocycles. The molecular formula is C32H30O4Ti. The fourth-order valence-electron chi connectivity index (χ4n) is 5.14. The van der Waals surface area contributed by atoms with E-state index in [1.165, 1.54) is 11.1 Å². The summed E-state index contributed by atoms with van der Waals surface area (Å²) in [5, 5.41) is 0. The van der Waals surface area contributed by atoms with E-state index in [0.29, 0.717) is 11.1 Å². The molecule has 186 valence electrons. The van der Waals surface area contributed by atoms with Gasteiger partial charge in [-0.2, -0.15) is 0 Å². The Hall–Kier alpha value is -3.18. The summed E-state index contributed by atoms with van der Waals surface area (Å²) < 4.78 is 23.5. The first-order valence-electron chi connectivity index (χ1n) is 12.4. The predicted molar refractivity (Wildman–Crippen MR) is 139 cm³/mol. The molecule has 0 amide bonds. The van der Waals surface area contributed by atoms with Gasteiger partial charge in [-0.1, -0.05) is 0 Å². The minimum absolute atomic E-state index is 0.230. The summed E-state index contributed by atoms with van der Waals surface area (Å²) in [5.74, 6) is -0.623. The average molecular weight is 526 g/mol. The minimum atomic E-state index is -3.66. The summed E-state index contributed by atoms with van der Waals surface area (Å²) in [5.41, 5.74) is 3.81. The molecule has 1 aliphatic heterocycles. The number of hydrogen-bond donors (Lipinski definition) is 0. The molecule has 0 unspecified atom stereocenters. The maximum absolute atomic E-state index is 13.2. The van der Waals surface area contributed by atoms with Crippen molar-refractivity contribution < 1.29 is 33.4 Å². The molecule has 37 heavy (non-hydrogen) atoms. The molecule has 0 bridgehead atoms. The van der Waals surface area contributed by atoms with Crippen LogP contribution in [0.2, 0.25) is 0 Å². The van der Waals surface area contributed by atoms with Gasteiger partial charge in [0.05, 0.1) is 0 Å². The Kier molecular flexibility index (Phi) is 6.61. The molecule has 0 aromatic heterocycles. The third kappa shape index (κ3) is 4.44. The van der Waals surface area contributed by atoms with E-state index in [1.54, 1.807) is 0 Å². The second-order valence-electron chi connectivity index (χ2n) is 10.6. The van der Waals surface area contributed by atoms with E-state index in [4.69, 9.17) is 6.64 Å². The zero-order chi connectivity index (χ0) is 26.3.